The molecule has 0 radical (unpaired) electrons. The molecule has 1 saturated carbocycles. The van der Waals surface area contributed by atoms with Crippen molar-refractivity contribution in [2.45, 2.75) is 51.6 Å². The number of carbonyl (C=O) groups is 2. The minimum Gasteiger partial charge on any atom is -0.473 e. The molecular formula is C20H29ClFNO5. The van der Waals surface area contributed by atoms with Gasteiger partial charge in [0.05, 0.1) is 5.60 Å². The Labute approximate surface area is 169 Å². The van der Waals surface area contributed by atoms with Gasteiger partial charge in [0.25, 0.3) is 0 Å². The molecule has 0 bridgehead atoms. The molecule has 158 valence electrons. The van der Waals surface area contributed by atoms with E-state index in [2.05, 4.69) is 18.7 Å². The topological polar surface area (TPSA) is 98.1 Å². The van der Waals surface area contributed by atoms with E-state index in [4.69, 9.17) is 31.4 Å². The van der Waals surface area contributed by atoms with E-state index in [1.165, 1.54) is 6.07 Å². The summed E-state index contributed by atoms with van der Waals surface area (Å²) in [5.74, 6) is -3.73. The van der Waals surface area contributed by atoms with Crippen LogP contribution in [0.2, 0.25) is 5.02 Å². The van der Waals surface area contributed by atoms with E-state index < -0.39 is 17.5 Å². The van der Waals surface area contributed by atoms with Crippen LogP contribution >= 0.6 is 11.6 Å². The number of carboxylic acid groups (broad SMARTS) is 2. The Balaban J connectivity index is 0.000000568. The third-order valence-electron chi connectivity index (χ3n) is 5.23. The fraction of sp³-hybridized carbons (Fsp3) is 0.600. The zero-order chi connectivity index (χ0) is 21.3. The maximum Gasteiger partial charge on any atom is 0.414 e. The smallest absolute Gasteiger partial charge is 0.414 e. The molecule has 0 heterocycles. The van der Waals surface area contributed by atoms with Crippen LogP contribution in [0.15, 0.2) is 18.2 Å². The lowest BCUT2D eigenvalue weighted by molar-refractivity contribution is -0.159. The Bertz CT molecular complexity index is 656. The number of benzene rings is 1. The Hall–Kier alpha value is -1.70. The zero-order valence-electron chi connectivity index (χ0n) is 16.3. The van der Waals surface area contributed by atoms with Crippen molar-refractivity contribution in [2.24, 2.45) is 5.92 Å². The molecule has 28 heavy (non-hydrogen) atoms. The van der Waals surface area contributed by atoms with Crippen molar-refractivity contribution in [2.75, 3.05) is 19.6 Å². The fourth-order valence-corrected chi connectivity index (χ4v) is 3.79. The van der Waals surface area contributed by atoms with Crippen molar-refractivity contribution in [1.29, 1.82) is 0 Å². The average Bonchev–Trinajstić information content (AvgIpc) is 2.64. The molecule has 1 aliphatic rings. The average molecular weight is 418 g/mol. The standard InChI is InChI=1S/C18H27ClFNO.C2H2O4/c1-3-21(4-2)13-15-7-5-6-10-18(15,22)12-14-11-16(19)8-9-17(14)20;3-1(4)2(5)6/h8-9,11,15,22H,3-7,10,12-13H2,1-2H3;(H,3,4)(H,5,6). The van der Waals surface area contributed by atoms with E-state index >= 15 is 0 Å². The van der Waals surface area contributed by atoms with Gasteiger partial charge in [0.2, 0.25) is 0 Å². The molecule has 0 spiro atoms. The first-order valence-corrected chi connectivity index (χ1v) is 9.85. The zero-order valence-corrected chi connectivity index (χ0v) is 17.1. The molecule has 0 aliphatic heterocycles. The van der Waals surface area contributed by atoms with Crippen molar-refractivity contribution in [3.8, 4) is 0 Å². The number of nitrogens with zero attached hydrogens (tertiary/aromatic N) is 1. The Morgan fingerprint density at radius 2 is 1.82 bits per heavy atom. The molecule has 2 atom stereocenters. The summed E-state index contributed by atoms with van der Waals surface area (Å²) in [6.45, 7) is 7.12. The highest BCUT2D eigenvalue weighted by atomic mass is 35.5. The number of halogens is 2. The minimum atomic E-state index is -1.82. The van der Waals surface area contributed by atoms with Gasteiger partial charge in [-0.25, -0.2) is 14.0 Å². The predicted octanol–water partition coefficient (Wildman–Crippen LogP) is 3.44. The second-order valence-electron chi connectivity index (χ2n) is 7.05. The van der Waals surface area contributed by atoms with Gasteiger partial charge in [-0.05, 0) is 49.7 Å². The summed E-state index contributed by atoms with van der Waals surface area (Å²) in [4.78, 5) is 20.5. The second-order valence-corrected chi connectivity index (χ2v) is 7.49. The lowest BCUT2D eigenvalue weighted by atomic mass is 9.72. The third kappa shape index (κ3) is 7.37. The van der Waals surface area contributed by atoms with Gasteiger partial charge in [0.1, 0.15) is 5.82 Å². The first-order valence-electron chi connectivity index (χ1n) is 9.47. The Morgan fingerprint density at radius 3 is 2.36 bits per heavy atom. The molecule has 0 aromatic heterocycles. The van der Waals surface area contributed by atoms with Crippen LogP contribution in [0.5, 0.6) is 0 Å². The predicted molar refractivity (Wildman–Crippen MR) is 105 cm³/mol. The van der Waals surface area contributed by atoms with Crippen LogP contribution < -0.4 is 0 Å². The molecule has 8 heteroatoms. The quantitative estimate of drug-likeness (QED) is 0.613. The van der Waals surface area contributed by atoms with Gasteiger partial charge in [-0.15, -0.1) is 0 Å². The molecule has 0 amide bonds. The summed E-state index contributed by atoms with van der Waals surface area (Å²) >= 11 is 5.99. The van der Waals surface area contributed by atoms with E-state index in [0.717, 1.165) is 45.3 Å². The lowest BCUT2D eigenvalue weighted by Gasteiger charge is -2.42. The van der Waals surface area contributed by atoms with E-state index in [0.29, 0.717) is 17.0 Å². The van der Waals surface area contributed by atoms with Crippen molar-refractivity contribution in [3.63, 3.8) is 0 Å². The molecule has 1 aliphatic carbocycles. The number of carboxylic acids is 2. The highest BCUT2D eigenvalue weighted by molar-refractivity contribution is 6.30. The van der Waals surface area contributed by atoms with Gasteiger partial charge in [-0.2, -0.15) is 0 Å². The molecule has 0 saturated heterocycles. The van der Waals surface area contributed by atoms with Crippen LogP contribution in [-0.2, 0) is 16.0 Å². The number of rotatable bonds is 6. The van der Waals surface area contributed by atoms with Gasteiger partial charge >= 0.3 is 11.9 Å². The molecule has 2 rings (SSSR count). The summed E-state index contributed by atoms with van der Waals surface area (Å²) in [7, 11) is 0. The summed E-state index contributed by atoms with van der Waals surface area (Å²) in [6.07, 6.45) is 4.26. The molecule has 1 aromatic rings. The summed E-state index contributed by atoms with van der Waals surface area (Å²) < 4.78 is 14.0. The van der Waals surface area contributed by atoms with Gasteiger partial charge in [0, 0.05) is 23.9 Å². The first-order chi connectivity index (χ1) is 13.1. The fourth-order valence-electron chi connectivity index (χ4n) is 3.59. The molecule has 1 aromatic carbocycles. The van der Waals surface area contributed by atoms with Crippen LogP contribution in [0.1, 0.15) is 45.1 Å². The van der Waals surface area contributed by atoms with Crippen LogP contribution in [0.4, 0.5) is 4.39 Å². The Kier molecular flexibility index (Phi) is 9.85. The summed E-state index contributed by atoms with van der Waals surface area (Å²) in [5, 5.41) is 26.5. The third-order valence-corrected chi connectivity index (χ3v) is 5.47. The van der Waals surface area contributed by atoms with Gasteiger partial charge in [-0.3, -0.25) is 0 Å². The molecule has 3 N–H and O–H groups in total. The molecular weight excluding hydrogens is 389 g/mol. The number of hydrogen-bond acceptors (Lipinski definition) is 4. The lowest BCUT2D eigenvalue weighted by Crippen LogP contribution is -2.48. The largest absolute Gasteiger partial charge is 0.473 e. The maximum atomic E-state index is 14.0. The van der Waals surface area contributed by atoms with Crippen molar-refractivity contribution in [3.05, 3.63) is 34.6 Å². The van der Waals surface area contributed by atoms with Gasteiger partial charge < -0.3 is 20.2 Å². The highest BCUT2D eigenvalue weighted by Crippen LogP contribution is 2.37. The van der Waals surface area contributed by atoms with Crippen LogP contribution in [0.3, 0.4) is 0 Å². The van der Waals surface area contributed by atoms with Crippen molar-refractivity contribution >= 4 is 23.5 Å². The van der Waals surface area contributed by atoms with Gasteiger partial charge in [0.15, 0.2) is 0 Å². The second kappa shape index (κ2) is 11.3. The SMILES string of the molecule is CCN(CC)CC1CCCCC1(O)Cc1cc(Cl)ccc1F.O=C(O)C(=O)O. The summed E-state index contributed by atoms with van der Waals surface area (Å²) in [6, 6.07) is 4.60. The molecule has 2 unspecified atom stereocenters. The Morgan fingerprint density at radius 1 is 1.21 bits per heavy atom. The summed E-state index contributed by atoms with van der Waals surface area (Å²) in [5.41, 5.74) is -0.298. The van der Waals surface area contributed by atoms with E-state index in [-0.39, 0.29) is 11.7 Å². The van der Waals surface area contributed by atoms with Crippen LogP contribution in [0.25, 0.3) is 0 Å². The van der Waals surface area contributed by atoms with E-state index in [9.17, 15) is 9.50 Å². The number of hydrogen-bond donors (Lipinski definition) is 3. The van der Waals surface area contributed by atoms with Crippen LogP contribution in [-0.4, -0.2) is 57.4 Å². The first kappa shape index (κ1) is 24.3. The van der Waals surface area contributed by atoms with Crippen molar-refractivity contribution < 1.29 is 29.3 Å². The van der Waals surface area contributed by atoms with Crippen molar-refractivity contribution in [1.82, 2.24) is 4.90 Å². The van der Waals surface area contributed by atoms with Crippen LogP contribution in [0, 0.1) is 11.7 Å². The van der Waals surface area contributed by atoms with Gasteiger partial charge in [-0.1, -0.05) is 38.3 Å². The van der Waals surface area contributed by atoms with E-state index in [1.807, 2.05) is 0 Å². The number of aliphatic carboxylic acids is 2. The molecule has 1 fully saturated rings. The normalized spacial score (nSPS) is 21.7. The number of aliphatic hydroxyl groups is 1. The molecule has 6 nitrogen and oxygen atoms in total. The highest BCUT2D eigenvalue weighted by Gasteiger charge is 2.39. The minimum absolute atomic E-state index is 0.194. The monoisotopic (exact) mass is 417 g/mol. The maximum absolute atomic E-state index is 14.0. The van der Waals surface area contributed by atoms with E-state index in [1.54, 1.807) is 12.1 Å².